The molecule has 0 spiro atoms. The predicted octanol–water partition coefficient (Wildman–Crippen LogP) is 4.30. The fourth-order valence-electron chi connectivity index (χ4n) is 2.99. The Morgan fingerprint density at radius 2 is 2.17 bits per heavy atom. The maximum atomic E-state index is 13.0. The molecule has 0 aliphatic rings. The van der Waals surface area contributed by atoms with E-state index in [0.717, 1.165) is 16.8 Å². The number of hydrogen-bond donors (Lipinski definition) is 0. The minimum absolute atomic E-state index is 0.110. The van der Waals surface area contributed by atoms with Gasteiger partial charge in [0, 0.05) is 18.8 Å². The zero-order valence-electron chi connectivity index (χ0n) is 16.9. The van der Waals surface area contributed by atoms with E-state index in [1.54, 1.807) is 17.0 Å². The van der Waals surface area contributed by atoms with E-state index in [4.69, 9.17) is 5.26 Å². The van der Waals surface area contributed by atoms with Gasteiger partial charge in [-0.1, -0.05) is 23.9 Å². The van der Waals surface area contributed by atoms with Crippen LogP contribution < -0.4 is 10.5 Å². The van der Waals surface area contributed by atoms with Gasteiger partial charge >= 0.3 is 0 Å². The molecule has 0 saturated carbocycles. The number of anilines is 1. The van der Waals surface area contributed by atoms with Crippen molar-refractivity contribution in [2.24, 2.45) is 0 Å². The van der Waals surface area contributed by atoms with Crippen LogP contribution in [0.15, 0.2) is 52.3 Å². The summed E-state index contributed by atoms with van der Waals surface area (Å²) in [6.45, 7) is 8.37. The Bertz CT molecular complexity index is 1190. The van der Waals surface area contributed by atoms with Crippen LogP contribution in [0, 0.1) is 25.2 Å². The van der Waals surface area contributed by atoms with Crippen LogP contribution in [0.1, 0.15) is 17.5 Å². The number of nitrogens with zero attached hydrogens (tertiary/aromatic N) is 4. The average Bonchev–Trinajstić information content (AvgIpc) is 3.20. The summed E-state index contributed by atoms with van der Waals surface area (Å²) < 4.78 is 1.54. The number of allylic oxidation sites excluding steroid dienone is 1. The predicted molar refractivity (Wildman–Crippen MR) is 123 cm³/mol. The molecular formula is C22H22N4O2S2. The molecule has 0 saturated heterocycles. The lowest BCUT2D eigenvalue weighted by atomic mass is 10.1. The van der Waals surface area contributed by atoms with E-state index in [9.17, 15) is 9.59 Å². The van der Waals surface area contributed by atoms with E-state index in [2.05, 4.69) is 17.6 Å². The summed E-state index contributed by atoms with van der Waals surface area (Å²) in [6.07, 6.45) is 1.88. The van der Waals surface area contributed by atoms with Crippen molar-refractivity contribution >= 4 is 44.9 Å². The highest BCUT2D eigenvalue weighted by atomic mass is 32.2. The number of amides is 1. The SMILES string of the molecule is C=CCn1c(SCC(=O)N(CCC#N)c2ccc(C)c(C)c2)nc2sccc2c1=O. The van der Waals surface area contributed by atoms with Crippen LogP contribution in [0.5, 0.6) is 0 Å². The van der Waals surface area contributed by atoms with E-state index in [-0.39, 0.29) is 23.6 Å². The lowest BCUT2D eigenvalue weighted by molar-refractivity contribution is -0.116. The topological polar surface area (TPSA) is 79.0 Å². The Morgan fingerprint density at radius 1 is 1.37 bits per heavy atom. The third kappa shape index (κ3) is 4.64. The van der Waals surface area contributed by atoms with Gasteiger partial charge in [-0.2, -0.15) is 5.26 Å². The van der Waals surface area contributed by atoms with Crippen LogP contribution in [-0.4, -0.2) is 27.8 Å². The summed E-state index contributed by atoms with van der Waals surface area (Å²) in [5.74, 6) is -0.0251. The summed E-state index contributed by atoms with van der Waals surface area (Å²) in [5.41, 5.74) is 2.86. The van der Waals surface area contributed by atoms with Crippen molar-refractivity contribution in [3.8, 4) is 6.07 Å². The smallest absolute Gasteiger partial charge is 0.263 e. The molecular weight excluding hydrogens is 416 g/mol. The molecule has 0 aliphatic carbocycles. The normalized spacial score (nSPS) is 10.7. The third-order valence-electron chi connectivity index (χ3n) is 4.74. The van der Waals surface area contributed by atoms with Crippen LogP contribution in [0.3, 0.4) is 0 Å². The number of thioether (sulfide) groups is 1. The molecule has 3 rings (SSSR count). The molecule has 6 nitrogen and oxygen atoms in total. The average molecular weight is 439 g/mol. The summed E-state index contributed by atoms with van der Waals surface area (Å²) in [7, 11) is 0. The largest absolute Gasteiger partial charge is 0.311 e. The van der Waals surface area contributed by atoms with Gasteiger partial charge in [0.05, 0.1) is 23.6 Å². The highest BCUT2D eigenvalue weighted by molar-refractivity contribution is 7.99. The number of nitriles is 1. The second-order valence-corrected chi connectivity index (χ2v) is 8.59. The number of carbonyl (C=O) groups excluding carboxylic acids is 1. The maximum Gasteiger partial charge on any atom is 0.263 e. The van der Waals surface area contributed by atoms with Gasteiger partial charge in [-0.25, -0.2) is 4.98 Å². The van der Waals surface area contributed by atoms with Crippen LogP contribution in [0.2, 0.25) is 0 Å². The summed E-state index contributed by atoms with van der Waals surface area (Å²) in [4.78, 5) is 32.7. The number of aryl methyl sites for hydroxylation is 2. The first-order valence-corrected chi connectivity index (χ1v) is 11.3. The van der Waals surface area contributed by atoms with E-state index in [1.165, 1.54) is 27.7 Å². The monoisotopic (exact) mass is 438 g/mol. The molecule has 0 bridgehead atoms. The number of hydrogen-bond acceptors (Lipinski definition) is 6. The van der Waals surface area contributed by atoms with Crippen molar-refractivity contribution in [3.05, 3.63) is 63.8 Å². The lowest BCUT2D eigenvalue weighted by Crippen LogP contribution is -2.33. The second kappa shape index (κ2) is 9.74. The Labute approximate surface area is 183 Å². The van der Waals surface area contributed by atoms with Crippen LogP contribution in [0.4, 0.5) is 5.69 Å². The first kappa shape index (κ1) is 21.8. The molecule has 0 atom stereocenters. The van der Waals surface area contributed by atoms with Crippen LogP contribution >= 0.6 is 23.1 Å². The van der Waals surface area contributed by atoms with Gasteiger partial charge in [0.25, 0.3) is 5.56 Å². The zero-order valence-corrected chi connectivity index (χ0v) is 18.6. The van der Waals surface area contributed by atoms with Gasteiger partial charge in [-0.3, -0.25) is 14.2 Å². The molecule has 3 aromatic rings. The van der Waals surface area contributed by atoms with E-state index >= 15 is 0 Å². The minimum atomic E-state index is -0.135. The summed E-state index contributed by atoms with van der Waals surface area (Å²) in [5, 5.41) is 11.9. The zero-order chi connectivity index (χ0) is 21.7. The fraction of sp³-hybridized carbons (Fsp3) is 0.273. The summed E-state index contributed by atoms with van der Waals surface area (Å²) in [6, 6.07) is 9.69. The Hall–Kier alpha value is -2.89. The van der Waals surface area contributed by atoms with Gasteiger partial charge in [0.2, 0.25) is 5.91 Å². The molecule has 1 amide bonds. The Kier molecular flexibility index (Phi) is 7.08. The van der Waals surface area contributed by atoms with E-state index in [0.29, 0.717) is 28.5 Å². The third-order valence-corrected chi connectivity index (χ3v) is 6.50. The molecule has 0 aliphatic heterocycles. The number of aromatic nitrogens is 2. The van der Waals surface area contributed by atoms with Crippen molar-refractivity contribution in [1.82, 2.24) is 9.55 Å². The molecule has 8 heteroatoms. The number of benzene rings is 1. The van der Waals surface area contributed by atoms with Crippen molar-refractivity contribution in [1.29, 1.82) is 5.26 Å². The number of fused-ring (bicyclic) bond motifs is 1. The van der Waals surface area contributed by atoms with Gasteiger partial charge in [-0.05, 0) is 48.6 Å². The molecule has 2 heterocycles. The molecule has 0 unspecified atom stereocenters. The molecule has 1 aromatic carbocycles. The van der Waals surface area contributed by atoms with Crippen molar-refractivity contribution in [2.75, 3.05) is 17.2 Å². The van der Waals surface area contributed by atoms with Gasteiger partial charge in [-0.15, -0.1) is 17.9 Å². The maximum absolute atomic E-state index is 13.0. The highest BCUT2D eigenvalue weighted by Gasteiger charge is 2.19. The quantitative estimate of drug-likeness (QED) is 0.298. The van der Waals surface area contributed by atoms with Crippen molar-refractivity contribution in [2.45, 2.75) is 32.0 Å². The first-order valence-electron chi connectivity index (χ1n) is 9.42. The molecule has 30 heavy (non-hydrogen) atoms. The number of carbonyl (C=O) groups is 1. The van der Waals surface area contributed by atoms with Crippen molar-refractivity contribution in [3.63, 3.8) is 0 Å². The fourth-order valence-corrected chi connectivity index (χ4v) is 4.68. The Morgan fingerprint density at radius 3 is 2.87 bits per heavy atom. The van der Waals surface area contributed by atoms with E-state index in [1.807, 2.05) is 37.4 Å². The standard InChI is InChI=1S/C22H22N4O2S2/c1-4-10-26-21(28)18-8-12-29-20(18)24-22(26)30-14-19(27)25(11-5-9-23)17-7-6-15(2)16(3)13-17/h4,6-8,12-13H,1,5,10-11,14H2,2-3H3. The van der Waals surface area contributed by atoms with Crippen LogP contribution in [-0.2, 0) is 11.3 Å². The molecule has 154 valence electrons. The van der Waals surface area contributed by atoms with Gasteiger partial charge in [0.15, 0.2) is 5.16 Å². The van der Waals surface area contributed by atoms with Gasteiger partial charge < -0.3 is 4.90 Å². The van der Waals surface area contributed by atoms with Gasteiger partial charge in [0.1, 0.15) is 4.83 Å². The summed E-state index contributed by atoms with van der Waals surface area (Å²) >= 11 is 2.63. The number of thiophene rings is 1. The molecule has 2 aromatic heterocycles. The van der Waals surface area contributed by atoms with Crippen LogP contribution in [0.25, 0.3) is 10.2 Å². The molecule has 0 fully saturated rings. The Balaban J connectivity index is 1.87. The highest BCUT2D eigenvalue weighted by Crippen LogP contribution is 2.24. The lowest BCUT2D eigenvalue weighted by Gasteiger charge is -2.22. The van der Waals surface area contributed by atoms with Crippen molar-refractivity contribution < 1.29 is 4.79 Å². The van der Waals surface area contributed by atoms with E-state index < -0.39 is 0 Å². The first-order chi connectivity index (χ1) is 14.5. The molecule has 0 radical (unpaired) electrons. The second-order valence-electron chi connectivity index (χ2n) is 6.75. The minimum Gasteiger partial charge on any atom is -0.311 e. The number of rotatable bonds is 8. The molecule has 0 N–H and O–H groups in total.